The number of β-amino-alcohol motifs (C(OH)–C–C–N with tert-alkyl or cyclic N) is 1. The minimum absolute atomic E-state index is 0.146. The van der Waals surface area contributed by atoms with Crippen molar-refractivity contribution in [1.29, 1.82) is 0 Å². The van der Waals surface area contributed by atoms with E-state index in [9.17, 15) is 18.3 Å². The molecule has 2 heterocycles. The maximum Gasteiger partial charge on any atom is 0.416 e. The van der Waals surface area contributed by atoms with Crippen LogP contribution in [0.4, 0.5) is 13.2 Å². The molecule has 9 heteroatoms. The maximum absolute atomic E-state index is 13.3. The van der Waals surface area contributed by atoms with Crippen LogP contribution in [0.15, 0.2) is 28.8 Å². The van der Waals surface area contributed by atoms with Gasteiger partial charge in [0.15, 0.2) is 5.82 Å². The summed E-state index contributed by atoms with van der Waals surface area (Å²) < 4.78 is 49.8. The third-order valence-electron chi connectivity index (χ3n) is 4.13. The number of aromatic nitrogens is 2. The number of hydrogen-bond donors (Lipinski definition) is 1. The Bertz CT molecular complexity index is 720. The van der Waals surface area contributed by atoms with Crippen molar-refractivity contribution in [3.05, 3.63) is 47.1 Å². The number of aliphatic hydroxyl groups is 1. The van der Waals surface area contributed by atoms with Crippen molar-refractivity contribution >= 4 is 0 Å². The summed E-state index contributed by atoms with van der Waals surface area (Å²) in [5.41, 5.74) is -0.542. The highest BCUT2D eigenvalue weighted by Gasteiger charge is 2.40. The maximum atomic E-state index is 13.3. The zero-order chi connectivity index (χ0) is 18.0. The van der Waals surface area contributed by atoms with Gasteiger partial charge in [-0.1, -0.05) is 23.4 Å². The van der Waals surface area contributed by atoms with E-state index < -0.39 is 23.9 Å². The van der Waals surface area contributed by atoms with Gasteiger partial charge in [-0.25, -0.2) is 0 Å². The van der Waals surface area contributed by atoms with Gasteiger partial charge in [-0.2, -0.15) is 18.2 Å². The number of alkyl halides is 3. The predicted molar refractivity (Wildman–Crippen MR) is 80.2 cm³/mol. The Morgan fingerprint density at radius 3 is 2.84 bits per heavy atom. The van der Waals surface area contributed by atoms with E-state index in [-0.39, 0.29) is 31.7 Å². The van der Waals surface area contributed by atoms with Gasteiger partial charge in [0.2, 0.25) is 0 Å². The molecule has 6 nitrogen and oxygen atoms in total. The topological polar surface area (TPSA) is 71.6 Å². The Morgan fingerprint density at radius 2 is 2.12 bits per heavy atom. The molecule has 0 radical (unpaired) electrons. The molecule has 0 unspecified atom stereocenters. The van der Waals surface area contributed by atoms with Gasteiger partial charge in [-0.05, 0) is 18.1 Å². The fraction of sp³-hybridized carbons (Fsp3) is 0.500. The highest BCUT2D eigenvalue weighted by atomic mass is 19.4. The van der Waals surface area contributed by atoms with Crippen molar-refractivity contribution in [1.82, 2.24) is 15.0 Å². The van der Waals surface area contributed by atoms with Gasteiger partial charge in [0.1, 0.15) is 6.61 Å². The van der Waals surface area contributed by atoms with Crippen LogP contribution < -0.4 is 0 Å². The summed E-state index contributed by atoms with van der Waals surface area (Å²) in [6.07, 6.45) is -4.94. The van der Waals surface area contributed by atoms with Gasteiger partial charge in [0.05, 0.1) is 18.2 Å². The fourth-order valence-electron chi connectivity index (χ4n) is 3.14. The first kappa shape index (κ1) is 17.8. The molecule has 1 aliphatic rings. The Hall–Kier alpha value is -1.97. The molecule has 0 saturated carbocycles. The standard InChI is InChI=1S/C16H18F3N3O3/c1-24-9-15-20-14(21-25-15)8-22-7-10(23)6-13(22)11-4-2-3-5-12(11)16(17,18)19/h2-5,10,13,23H,6-9H2,1H3/t10-,13+/m0/s1. The fourth-order valence-corrected chi connectivity index (χ4v) is 3.14. The summed E-state index contributed by atoms with van der Waals surface area (Å²) in [6, 6.07) is 4.86. The smallest absolute Gasteiger partial charge is 0.392 e. The van der Waals surface area contributed by atoms with E-state index in [4.69, 9.17) is 9.26 Å². The van der Waals surface area contributed by atoms with Crippen LogP contribution >= 0.6 is 0 Å². The van der Waals surface area contributed by atoms with Crippen molar-refractivity contribution in [2.75, 3.05) is 13.7 Å². The van der Waals surface area contributed by atoms with Crippen molar-refractivity contribution < 1.29 is 27.5 Å². The molecule has 1 aliphatic heterocycles. The number of benzene rings is 1. The first-order valence-electron chi connectivity index (χ1n) is 7.77. The van der Waals surface area contributed by atoms with E-state index in [0.29, 0.717) is 11.7 Å². The summed E-state index contributed by atoms with van der Waals surface area (Å²) in [5, 5.41) is 13.8. The van der Waals surface area contributed by atoms with Crippen LogP contribution in [0.3, 0.4) is 0 Å². The van der Waals surface area contributed by atoms with E-state index in [2.05, 4.69) is 10.1 Å². The SMILES string of the molecule is COCc1nc(CN2C[C@@H](O)C[C@@H]2c2ccccc2C(F)(F)F)no1. The number of ether oxygens (including phenoxy) is 1. The number of hydrogen-bond acceptors (Lipinski definition) is 6. The number of rotatable bonds is 5. The van der Waals surface area contributed by atoms with Crippen LogP contribution in [0.2, 0.25) is 0 Å². The molecule has 1 aromatic heterocycles. The van der Waals surface area contributed by atoms with Gasteiger partial charge in [-0.3, -0.25) is 4.90 Å². The van der Waals surface area contributed by atoms with Gasteiger partial charge < -0.3 is 14.4 Å². The van der Waals surface area contributed by atoms with Gasteiger partial charge in [0.25, 0.3) is 5.89 Å². The monoisotopic (exact) mass is 357 g/mol. The molecule has 25 heavy (non-hydrogen) atoms. The quantitative estimate of drug-likeness (QED) is 0.887. The first-order chi connectivity index (χ1) is 11.9. The molecule has 1 fully saturated rings. The molecule has 2 atom stereocenters. The Labute approximate surface area is 142 Å². The van der Waals surface area contributed by atoms with E-state index >= 15 is 0 Å². The van der Waals surface area contributed by atoms with Crippen molar-refractivity contribution in [3.63, 3.8) is 0 Å². The molecule has 2 aromatic rings. The molecule has 0 amide bonds. The number of nitrogens with zero attached hydrogens (tertiary/aromatic N) is 3. The van der Waals surface area contributed by atoms with Crippen LogP contribution in [0.25, 0.3) is 0 Å². The minimum Gasteiger partial charge on any atom is -0.392 e. The number of likely N-dealkylation sites (tertiary alicyclic amines) is 1. The summed E-state index contributed by atoms with van der Waals surface area (Å²) in [6.45, 7) is 0.585. The second kappa shape index (κ2) is 7.11. The second-order valence-electron chi connectivity index (χ2n) is 5.96. The molecular weight excluding hydrogens is 339 g/mol. The van der Waals surface area contributed by atoms with Crippen LogP contribution in [-0.4, -0.2) is 39.9 Å². The highest BCUT2D eigenvalue weighted by molar-refractivity contribution is 5.33. The lowest BCUT2D eigenvalue weighted by Crippen LogP contribution is -2.26. The number of aliphatic hydroxyl groups excluding tert-OH is 1. The van der Waals surface area contributed by atoms with Crippen LogP contribution in [0, 0.1) is 0 Å². The number of halogens is 3. The van der Waals surface area contributed by atoms with E-state index in [1.807, 2.05) is 0 Å². The van der Waals surface area contributed by atoms with Gasteiger partial charge in [0, 0.05) is 19.7 Å². The third-order valence-corrected chi connectivity index (χ3v) is 4.13. The van der Waals surface area contributed by atoms with Crippen molar-refractivity contribution in [2.45, 2.75) is 37.9 Å². The Balaban J connectivity index is 1.85. The highest BCUT2D eigenvalue weighted by Crippen LogP contribution is 2.40. The summed E-state index contributed by atoms with van der Waals surface area (Å²) in [7, 11) is 1.49. The largest absolute Gasteiger partial charge is 0.416 e. The summed E-state index contributed by atoms with van der Waals surface area (Å²) >= 11 is 0. The van der Waals surface area contributed by atoms with Crippen LogP contribution in [0.5, 0.6) is 0 Å². The second-order valence-corrected chi connectivity index (χ2v) is 5.96. The molecule has 1 N–H and O–H groups in total. The molecule has 0 spiro atoms. The Morgan fingerprint density at radius 1 is 1.36 bits per heavy atom. The zero-order valence-electron chi connectivity index (χ0n) is 13.5. The molecule has 3 rings (SSSR count). The van der Waals surface area contributed by atoms with Gasteiger partial charge >= 0.3 is 6.18 Å². The Kier molecular flexibility index (Phi) is 5.07. The predicted octanol–water partition coefficient (Wildman–Crippen LogP) is 2.54. The zero-order valence-corrected chi connectivity index (χ0v) is 13.5. The summed E-state index contributed by atoms with van der Waals surface area (Å²) in [5.74, 6) is 0.639. The van der Waals surface area contributed by atoms with Crippen LogP contribution in [-0.2, 0) is 24.1 Å². The molecule has 0 aliphatic carbocycles. The van der Waals surface area contributed by atoms with Crippen molar-refractivity contribution in [3.8, 4) is 0 Å². The molecule has 0 bridgehead atoms. The average Bonchev–Trinajstić information content (AvgIpc) is 3.14. The first-order valence-corrected chi connectivity index (χ1v) is 7.77. The molecule has 1 saturated heterocycles. The molecule has 136 valence electrons. The molecule has 1 aromatic carbocycles. The lowest BCUT2D eigenvalue weighted by atomic mass is 9.97. The van der Waals surface area contributed by atoms with E-state index in [0.717, 1.165) is 6.07 Å². The van der Waals surface area contributed by atoms with Crippen LogP contribution in [0.1, 0.15) is 35.3 Å². The lowest BCUT2D eigenvalue weighted by molar-refractivity contribution is -0.138. The van der Waals surface area contributed by atoms with Crippen molar-refractivity contribution in [2.24, 2.45) is 0 Å². The third kappa shape index (κ3) is 4.00. The average molecular weight is 357 g/mol. The van der Waals surface area contributed by atoms with E-state index in [1.54, 1.807) is 11.0 Å². The van der Waals surface area contributed by atoms with Gasteiger partial charge in [-0.15, -0.1) is 0 Å². The lowest BCUT2D eigenvalue weighted by Gasteiger charge is -2.25. The number of methoxy groups -OCH3 is 1. The molecular formula is C16H18F3N3O3. The normalized spacial score (nSPS) is 21.8. The minimum atomic E-state index is -4.45. The summed E-state index contributed by atoms with van der Waals surface area (Å²) in [4.78, 5) is 5.87. The van der Waals surface area contributed by atoms with E-state index in [1.165, 1.54) is 19.2 Å².